The highest BCUT2D eigenvalue weighted by Gasteiger charge is 2.07. The molecule has 0 saturated heterocycles. The molecule has 1 aromatic heterocycles. The molecule has 0 spiro atoms. The zero-order valence-electron chi connectivity index (χ0n) is 11.8. The third-order valence-corrected chi connectivity index (χ3v) is 3.72. The molecule has 0 aliphatic rings. The summed E-state index contributed by atoms with van der Waals surface area (Å²) in [4.78, 5) is 0. The van der Waals surface area contributed by atoms with Crippen LogP contribution in [0.5, 0.6) is 0 Å². The Morgan fingerprint density at radius 3 is 2.38 bits per heavy atom. The molecule has 4 heteroatoms. The fourth-order valence-electron chi connectivity index (χ4n) is 2.26. The first-order chi connectivity index (χ1) is 10.0. The number of benzene rings is 2. The van der Waals surface area contributed by atoms with Crippen molar-refractivity contribution in [1.29, 1.82) is 0 Å². The van der Waals surface area contributed by atoms with Crippen LogP contribution in [0.1, 0.15) is 11.3 Å². The van der Waals surface area contributed by atoms with Crippen LogP contribution < -0.4 is 0 Å². The summed E-state index contributed by atoms with van der Waals surface area (Å²) >= 11 is 5.86. The molecule has 2 aromatic carbocycles. The Morgan fingerprint density at radius 1 is 1.00 bits per heavy atom. The van der Waals surface area contributed by atoms with Gasteiger partial charge in [0.2, 0.25) is 0 Å². The van der Waals surface area contributed by atoms with E-state index in [1.54, 1.807) is 12.1 Å². The van der Waals surface area contributed by atoms with Gasteiger partial charge < -0.3 is 0 Å². The second-order valence-electron chi connectivity index (χ2n) is 5.03. The average molecular weight is 301 g/mol. The number of hydrogen-bond donors (Lipinski definition) is 0. The summed E-state index contributed by atoms with van der Waals surface area (Å²) in [5, 5.41) is 4.57. The molecule has 0 aliphatic carbocycles. The first-order valence-corrected chi connectivity index (χ1v) is 7.01. The van der Waals surface area contributed by atoms with Gasteiger partial charge in [0.1, 0.15) is 5.82 Å². The summed E-state index contributed by atoms with van der Waals surface area (Å²) < 4.78 is 15.1. The van der Waals surface area contributed by atoms with E-state index in [1.165, 1.54) is 6.07 Å². The van der Waals surface area contributed by atoms with E-state index in [-0.39, 0.29) is 5.02 Å². The van der Waals surface area contributed by atoms with Crippen LogP contribution in [-0.4, -0.2) is 9.78 Å². The third kappa shape index (κ3) is 2.69. The highest BCUT2D eigenvalue weighted by Crippen LogP contribution is 2.27. The Balaban J connectivity index is 2.10. The molecule has 0 saturated carbocycles. The summed E-state index contributed by atoms with van der Waals surface area (Å²) in [6.45, 7) is 3.99. The Labute approximate surface area is 127 Å². The predicted molar refractivity (Wildman–Crippen MR) is 83.4 cm³/mol. The number of nitrogens with zero attached hydrogens (tertiary/aromatic N) is 2. The van der Waals surface area contributed by atoms with Crippen molar-refractivity contribution >= 4 is 11.6 Å². The first-order valence-electron chi connectivity index (χ1n) is 6.63. The van der Waals surface area contributed by atoms with E-state index < -0.39 is 5.82 Å². The molecular weight excluding hydrogens is 287 g/mol. The van der Waals surface area contributed by atoms with Crippen molar-refractivity contribution in [3.05, 3.63) is 70.8 Å². The van der Waals surface area contributed by atoms with Crippen molar-refractivity contribution in [1.82, 2.24) is 9.78 Å². The number of rotatable bonds is 2. The van der Waals surface area contributed by atoms with E-state index in [4.69, 9.17) is 11.6 Å². The van der Waals surface area contributed by atoms with Crippen LogP contribution in [0.15, 0.2) is 48.7 Å². The minimum atomic E-state index is -0.407. The van der Waals surface area contributed by atoms with Crippen LogP contribution in [-0.2, 0) is 0 Å². The Bertz CT molecular complexity index is 808. The predicted octanol–water partition coefficient (Wildman–Crippen LogP) is 4.95. The number of aryl methyl sites for hydroxylation is 2. The van der Waals surface area contributed by atoms with Gasteiger partial charge in [-0.2, -0.15) is 5.10 Å². The molecular formula is C17H14ClFN2. The van der Waals surface area contributed by atoms with Gasteiger partial charge >= 0.3 is 0 Å². The number of halogens is 2. The summed E-state index contributed by atoms with van der Waals surface area (Å²) in [5.41, 5.74) is 4.94. The average Bonchev–Trinajstić information content (AvgIpc) is 2.89. The molecule has 0 unspecified atom stereocenters. The maximum absolute atomic E-state index is 13.3. The van der Waals surface area contributed by atoms with Gasteiger partial charge in [-0.3, -0.25) is 0 Å². The van der Waals surface area contributed by atoms with E-state index in [0.717, 1.165) is 28.1 Å². The molecule has 21 heavy (non-hydrogen) atoms. The molecule has 3 rings (SSSR count). The Hall–Kier alpha value is -2.13. The molecule has 0 radical (unpaired) electrons. The van der Waals surface area contributed by atoms with Crippen LogP contribution in [0.2, 0.25) is 5.02 Å². The maximum Gasteiger partial charge on any atom is 0.141 e. The van der Waals surface area contributed by atoms with E-state index in [1.807, 2.05) is 49.0 Å². The quantitative estimate of drug-likeness (QED) is 0.655. The van der Waals surface area contributed by atoms with Gasteiger partial charge in [0.15, 0.2) is 0 Å². The van der Waals surface area contributed by atoms with Crippen molar-refractivity contribution in [2.24, 2.45) is 0 Å². The summed E-state index contributed by atoms with van der Waals surface area (Å²) in [7, 11) is 0. The third-order valence-electron chi connectivity index (χ3n) is 3.43. The van der Waals surface area contributed by atoms with Crippen molar-refractivity contribution in [2.45, 2.75) is 13.8 Å². The first kappa shape index (κ1) is 13.8. The van der Waals surface area contributed by atoms with Crippen LogP contribution in [0.4, 0.5) is 4.39 Å². The van der Waals surface area contributed by atoms with Gasteiger partial charge in [-0.05, 0) is 54.8 Å². The van der Waals surface area contributed by atoms with E-state index >= 15 is 0 Å². The lowest BCUT2D eigenvalue weighted by Gasteiger charge is -2.10. The largest absolute Gasteiger partial charge is 0.240 e. The SMILES string of the molecule is Cc1ccn(-c2cc(-c3ccc(F)c(Cl)c3)ccc2C)n1. The molecule has 2 nitrogen and oxygen atoms in total. The van der Waals surface area contributed by atoms with Crippen molar-refractivity contribution < 1.29 is 4.39 Å². The zero-order chi connectivity index (χ0) is 15.0. The second-order valence-corrected chi connectivity index (χ2v) is 5.44. The second kappa shape index (κ2) is 5.34. The zero-order valence-corrected chi connectivity index (χ0v) is 12.5. The smallest absolute Gasteiger partial charge is 0.141 e. The molecule has 1 heterocycles. The van der Waals surface area contributed by atoms with Crippen LogP contribution in [0.3, 0.4) is 0 Å². The molecule has 0 bridgehead atoms. The van der Waals surface area contributed by atoms with Gasteiger partial charge in [-0.25, -0.2) is 9.07 Å². The summed E-state index contributed by atoms with van der Waals surface area (Å²) in [5.74, 6) is -0.407. The number of hydrogen-bond acceptors (Lipinski definition) is 1. The van der Waals surface area contributed by atoms with Gasteiger partial charge in [0.25, 0.3) is 0 Å². The maximum atomic E-state index is 13.3. The molecule has 3 aromatic rings. The number of aromatic nitrogens is 2. The minimum absolute atomic E-state index is 0.129. The fraction of sp³-hybridized carbons (Fsp3) is 0.118. The monoisotopic (exact) mass is 300 g/mol. The normalized spacial score (nSPS) is 10.9. The molecule has 0 amide bonds. The lowest BCUT2D eigenvalue weighted by atomic mass is 10.0. The van der Waals surface area contributed by atoms with E-state index in [2.05, 4.69) is 5.10 Å². The van der Waals surface area contributed by atoms with Crippen LogP contribution >= 0.6 is 11.6 Å². The van der Waals surface area contributed by atoms with E-state index in [9.17, 15) is 4.39 Å². The molecule has 0 fully saturated rings. The fourth-order valence-corrected chi connectivity index (χ4v) is 2.44. The van der Waals surface area contributed by atoms with Crippen molar-refractivity contribution in [2.75, 3.05) is 0 Å². The standard InChI is InChI=1S/C17H14ClFN2/c1-11-3-4-14(13-5-6-16(19)15(18)9-13)10-17(11)21-8-7-12(2)20-21/h3-10H,1-2H3. The lowest BCUT2D eigenvalue weighted by Crippen LogP contribution is -1.98. The molecule has 0 atom stereocenters. The molecule has 0 N–H and O–H groups in total. The highest BCUT2D eigenvalue weighted by atomic mass is 35.5. The van der Waals surface area contributed by atoms with Gasteiger partial charge in [0.05, 0.1) is 16.4 Å². The topological polar surface area (TPSA) is 17.8 Å². The van der Waals surface area contributed by atoms with Crippen LogP contribution in [0.25, 0.3) is 16.8 Å². The lowest BCUT2D eigenvalue weighted by molar-refractivity contribution is 0.628. The van der Waals surface area contributed by atoms with Crippen LogP contribution in [0, 0.1) is 19.7 Å². The summed E-state index contributed by atoms with van der Waals surface area (Å²) in [6.07, 6.45) is 1.93. The van der Waals surface area contributed by atoms with Gasteiger partial charge in [-0.1, -0.05) is 29.8 Å². The highest BCUT2D eigenvalue weighted by molar-refractivity contribution is 6.31. The Morgan fingerprint density at radius 2 is 1.71 bits per heavy atom. The molecule has 106 valence electrons. The molecule has 0 aliphatic heterocycles. The van der Waals surface area contributed by atoms with Crippen molar-refractivity contribution in [3.8, 4) is 16.8 Å². The Kier molecular flexibility index (Phi) is 3.52. The summed E-state index contributed by atoms with van der Waals surface area (Å²) in [6, 6.07) is 12.8. The van der Waals surface area contributed by atoms with Gasteiger partial charge in [-0.15, -0.1) is 0 Å². The van der Waals surface area contributed by atoms with E-state index in [0.29, 0.717) is 0 Å². The minimum Gasteiger partial charge on any atom is -0.240 e. The van der Waals surface area contributed by atoms with Gasteiger partial charge in [0, 0.05) is 6.20 Å². The van der Waals surface area contributed by atoms with Crippen molar-refractivity contribution in [3.63, 3.8) is 0 Å².